The molecule has 112 valence electrons. The van der Waals surface area contributed by atoms with Gasteiger partial charge in [-0.2, -0.15) is 4.31 Å². The average Bonchev–Trinajstić information content (AvgIpc) is 2.54. The molecule has 0 aliphatic heterocycles. The molecule has 0 saturated heterocycles. The van der Waals surface area contributed by atoms with Crippen molar-refractivity contribution in [3.05, 3.63) is 36.5 Å². The van der Waals surface area contributed by atoms with Crippen LogP contribution in [0.3, 0.4) is 0 Å². The first kappa shape index (κ1) is 14.5. The van der Waals surface area contributed by atoms with Gasteiger partial charge >= 0.3 is 0 Å². The third-order valence-corrected chi connectivity index (χ3v) is 6.25. The van der Waals surface area contributed by atoms with Crippen LogP contribution in [0.2, 0.25) is 0 Å². The van der Waals surface area contributed by atoms with Gasteiger partial charge in [0.2, 0.25) is 10.0 Å². The minimum atomic E-state index is -3.42. The lowest BCUT2D eigenvalue weighted by atomic mass is 9.96. The first-order chi connectivity index (χ1) is 10.1. The smallest absolute Gasteiger partial charge is 0.243 e. The summed E-state index contributed by atoms with van der Waals surface area (Å²) < 4.78 is 27.1. The quantitative estimate of drug-likeness (QED) is 0.875. The van der Waals surface area contributed by atoms with Crippen molar-refractivity contribution in [2.45, 2.75) is 43.0 Å². The Bertz CT molecular complexity index is 737. The molecule has 1 aliphatic rings. The molecule has 0 unspecified atom stereocenters. The number of pyridine rings is 1. The third-order valence-electron chi connectivity index (χ3n) is 4.34. The first-order valence-electron chi connectivity index (χ1n) is 7.42. The SMILES string of the molecule is CN(C1CCCCC1)S(=O)(=O)c1ccc2ncccc2c1. The van der Waals surface area contributed by atoms with Crippen LogP contribution in [0.4, 0.5) is 0 Å². The van der Waals surface area contributed by atoms with Crippen LogP contribution in [-0.2, 0) is 10.0 Å². The van der Waals surface area contributed by atoms with Crippen molar-refractivity contribution in [2.75, 3.05) is 7.05 Å². The zero-order valence-electron chi connectivity index (χ0n) is 12.2. The van der Waals surface area contributed by atoms with Crippen molar-refractivity contribution in [3.63, 3.8) is 0 Å². The summed E-state index contributed by atoms with van der Waals surface area (Å²) in [6.45, 7) is 0. The summed E-state index contributed by atoms with van der Waals surface area (Å²) in [6.07, 6.45) is 7.09. The molecule has 1 fully saturated rings. The van der Waals surface area contributed by atoms with E-state index >= 15 is 0 Å². The fourth-order valence-electron chi connectivity index (χ4n) is 3.02. The molecule has 4 nitrogen and oxygen atoms in total. The maximum atomic E-state index is 12.8. The number of nitrogens with zero attached hydrogens (tertiary/aromatic N) is 2. The molecule has 0 N–H and O–H groups in total. The summed E-state index contributed by atoms with van der Waals surface area (Å²) in [4.78, 5) is 4.59. The van der Waals surface area contributed by atoms with Gasteiger partial charge in [0.05, 0.1) is 10.4 Å². The summed E-state index contributed by atoms with van der Waals surface area (Å²) >= 11 is 0. The van der Waals surface area contributed by atoms with Crippen LogP contribution in [0.5, 0.6) is 0 Å². The predicted molar refractivity (Wildman–Crippen MR) is 83.6 cm³/mol. The van der Waals surface area contributed by atoms with Crippen molar-refractivity contribution in [1.82, 2.24) is 9.29 Å². The average molecular weight is 304 g/mol. The Morgan fingerprint density at radius 2 is 1.90 bits per heavy atom. The van der Waals surface area contributed by atoms with Crippen LogP contribution in [0.25, 0.3) is 10.9 Å². The highest BCUT2D eigenvalue weighted by Gasteiger charge is 2.29. The molecule has 1 heterocycles. The molecule has 2 aromatic rings. The van der Waals surface area contributed by atoms with Crippen LogP contribution in [0.15, 0.2) is 41.4 Å². The van der Waals surface area contributed by atoms with Gasteiger partial charge in [0.15, 0.2) is 0 Å². The lowest BCUT2D eigenvalue weighted by Gasteiger charge is -2.30. The van der Waals surface area contributed by atoms with Gasteiger partial charge in [-0.1, -0.05) is 25.3 Å². The number of fused-ring (bicyclic) bond motifs is 1. The minimum absolute atomic E-state index is 0.133. The maximum Gasteiger partial charge on any atom is 0.243 e. The second-order valence-electron chi connectivity index (χ2n) is 5.67. The van der Waals surface area contributed by atoms with E-state index in [1.807, 2.05) is 12.1 Å². The molecule has 0 radical (unpaired) electrons. The number of hydrogen-bond acceptors (Lipinski definition) is 3. The maximum absolute atomic E-state index is 12.8. The molecule has 0 atom stereocenters. The number of rotatable bonds is 3. The Hall–Kier alpha value is -1.46. The van der Waals surface area contributed by atoms with Gasteiger partial charge in [0.1, 0.15) is 0 Å². The Balaban J connectivity index is 1.95. The van der Waals surface area contributed by atoms with Gasteiger partial charge in [-0.3, -0.25) is 4.98 Å². The summed E-state index contributed by atoms with van der Waals surface area (Å²) in [7, 11) is -1.72. The van der Waals surface area contributed by atoms with E-state index in [2.05, 4.69) is 4.98 Å². The van der Waals surface area contributed by atoms with Gasteiger partial charge < -0.3 is 0 Å². The minimum Gasteiger partial charge on any atom is -0.256 e. The second-order valence-corrected chi connectivity index (χ2v) is 7.67. The standard InChI is InChI=1S/C16H20N2O2S/c1-18(14-7-3-2-4-8-14)21(19,20)15-9-10-16-13(12-15)6-5-11-17-16/h5-6,9-12,14H,2-4,7-8H2,1H3. The van der Waals surface area contributed by atoms with Gasteiger partial charge in [-0.25, -0.2) is 8.42 Å². The first-order valence-corrected chi connectivity index (χ1v) is 8.86. The van der Waals surface area contributed by atoms with Crippen molar-refractivity contribution in [3.8, 4) is 0 Å². The van der Waals surface area contributed by atoms with Crippen molar-refractivity contribution in [2.24, 2.45) is 0 Å². The lowest BCUT2D eigenvalue weighted by molar-refractivity contribution is 0.286. The van der Waals surface area contributed by atoms with Gasteiger partial charge in [0.25, 0.3) is 0 Å². The van der Waals surface area contributed by atoms with E-state index in [0.717, 1.165) is 36.6 Å². The summed E-state index contributed by atoms with van der Waals surface area (Å²) in [5.74, 6) is 0. The normalized spacial score (nSPS) is 17.4. The van der Waals surface area contributed by atoms with Crippen LogP contribution >= 0.6 is 0 Å². The molecule has 21 heavy (non-hydrogen) atoms. The number of benzene rings is 1. The van der Waals surface area contributed by atoms with Gasteiger partial charge in [-0.15, -0.1) is 0 Å². The van der Waals surface area contributed by atoms with E-state index in [4.69, 9.17) is 0 Å². The van der Waals surface area contributed by atoms with E-state index in [0.29, 0.717) is 4.90 Å². The topological polar surface area (TPSA) is 50.3 Å². The largest absolute Gasteiger partial charge is 0.256 e. The third kappa shape index (κ3) is 2.80. The highest BCUT2D eigenvalue weighted by atomic mass is 32.2. The Morgan fingerprint density at radius 1 is 1.14 bits per heavy atom. The van der Waals surface area contributed by atoms with Crippen LogP contribution in [0, 0.1) is 0 Å². The van der Waals surface area contributed by atoms with E-state index in [-0.39, 0.29) is 6.04 Å². The molecule has 5 heteroatoms. The molecular weight excluding hydrogens is 284 g/mol. The molecule has 0 spiro atoms. The molecule has 1 aromatic heterocycles. The number of sulfonamides is 1. The van der Waals surface area contributed by atoms with E-state index in [1.165, 1.54) is 6.42 Å². The second kappa shape index (κ2) is 5.73. The zero-order valence-corrected chi connectivity index (χ0v) is 13.0. The highest BCUT2D eigenvalue weighted by molar-refractivity contribution is 7.89. The zero-order chi connectivity index (χ0) is 14.9. The van der Waals surface area contributed by atoms with Crippen molar-refractivity contribution < 1.29 is 8.42 Å². The molecule has 1 aromatic carbocycles. The van der Waals surface area contributed by atoms with E-state index < -0.39 is 10.0 Å². The summed E-state index contributed by atoms with van der Waals surface area (Å²) in [6, 6.07) is 9.00. The van der Waals surface area contributed by atoms with Crippen molar-refractivity contribution >= 4 is 20.9 Å². The Morgan fingerprint density at radius 3 is 2.67 bits per heavy atom. The molecule has 3 rings (SSSR count). The lowest BCUT2D eigenvalue weighted by Crippen LogP contribution is -2.38. The fraction of sp³-hybridized carbons (Fsp3) is 0.438. The molecule has 0 amide bonds. The summed E-state index contributed by atoms with van der Waals surface area (Å²) in [5.41, 5.74) is 0.816. The summed E-state index contributed by atoms with van der Waals surface area (Å²) in [5, 5.41) is 0.857. The molecule has 1 saturated carbocycles. The predicted octanol–water partition coefficient (Wildman–Crippen LogP) is 3.19. The monoisotopic (exact) mass is 304 g/mol. The highest BCUT2D eigenvalue weighted by Crippen LogP contribution is 2.27. The molecule has 1 aliphatic carbocycles. The van der Waals surface area contributed by atoms with Gasteiger partial charge in [0, 0.05) is 24.7 Å². The van der Waals surface area contributed by atoms with Crippen molar-refractivity contribution in [1.29, 1.82) is 0 Å². The van der Waals surface area contributed by atoms with Gasteiger partial charge in [-0.05, 0) is 37.1 Å². The van der Waals surface area contributed by atoms with E-state index in [1.54, 1.807) is 35.7 Å². The number of aromatic nitrogens is 1. The fourth-order valence-corrected chi connectivity index (χ4v) is 4.47. The van der Waals surface area contributed by atoms with Crippen LogP contribution in [-0.4, -0.2) is 30.8 Å². The molecular formula is C16H20N2O2S. The molecule has 0 bridgehead atoms. The van der Waals surface area contributed by atoms with E-state index in [9.17, 15) is 8.42 Å². The van der Waals surface area contributed by atoms with Crippen LogP contribution in [0.1, 0.15) is 32.1 Å². The Kier molecular flexibility index (Phi) is 3.95. The Labute approximate surface area is 125 Å². The number of hydrogen-bond donors (Lipinski definition) is 0. The van der Waals surface area contributed by atoms with Crippen LogP contribution < -0.4 is 0 Å².